The predicted octanol–water partition coefficient (Wildman–Crippen LogP) is 3.24. The highest BCUT2D eigenvalue weighted by molar-refractivity contribution is 7.21. The molecule has 1 aliphatic heterocycles. The molecular weight excluding hydrogens is 358 g/mol. The zero-order chi connectivity index (χ0) is 17.6. The standard InChI is InChI=1S/C18H20ClN3O2S/c19-16-14-4-1-2-5-15(14)25-17(16)18(23)22(7-3-6-20)9-8-21-10-12-24-13-11-21/h1-2,4-5H,3,7-13H2. The first kappa shape index (κ1) is 18.2. The van der Waals surface area contributed by atoms with Crippen molar-refractivity contribution in [2.24, 2.45) is 0 Å². The maximum atomic E-state index is 13.0. The Labute approximate surface area is 156 Å². The molecule has 132 valence electrons. The van der Waals surface area contributed by atoms with Crippen LogP contribution in [0.25, 0.3) is 10.1 Å². The van der Waals surface area contributed by atoms with Gasteiger partial charge in [0.1, 0.15) is 4.88 Å². The lowest BCUT2D eigenvalue weighted by Crippen LogP contribution is -2.43. The van der Waals surface area contributed by atoms with Crippen molar-refractivity contribution in [2.45, 2.75) is 6.42 Å². The average Bonchev–Trinajstić information content (AvgIpc) is 2.99. The van der Waals surface area contributed by atoms with Gasteiger partial charge in [0.25, 0.3) is 5.91 Å². The first-order chi connectivity index (χ1) is 12.2. The monoisotopic (exact) mass is 377 g/mol. The molecule has 0 atom stereocenters. The lowest BCUT2D eigenvalue weighted by atomic mass is 10.2. The van der Waals surface area contributed by atoms with E-state index in [1.165, 1.54) is 11.3 Å². The average molecular weight is 378 g/mol. The zero-order valence-electron chi connectivity index (χ0n) is 13.9. The summed E-state index contributed by atoms with van der Waals surface area (Å²) in [4.78, 5) is 17.6. The van der Waals surface area contributed by atoms with Gasteiger partial charge < -0.3 is 9.64 Å². The Morgan fingerprint density at radius 1 is 1.32 bits per heavy atom. The molecule has 2 heterocycles. The molecule has 1 aromatic heterocycles. The molecule has 0 aliphatic carbocycles. The Balaban J connectivity index is 1.75. The number of carbonyl (C=O) groups excluding carboxylic acids is 1. The van der Waals surface area contributed by atoms with Gasteiger partial charge in [0, 0.05) is 42.8 Å². The van der Waals surface area contributed by atoms with Gasteiger partial charge in [-0.2, -0.15) is 5.26 Å². The van der Waals surface area contributed by atoms with Crippen molar-refractivity contribution in [3.8, 4) is 6.07 Å². The van der Waals surface area contributed by atoms with Gasteiger partial charge in [0.15, 0.2) is 0 Å². The van der Waals surface area contributed by atoms with Gasteiger partial charge in [0.2, 0.25) is 0 Å². The van der Waals surface area contributed by atoms with Gasteiger partial charge in [0.05, 0.1) is 30.7 Å². The van der Waals surface area contributed by atoms with Crippen LogP contribution < -0.4 is 0 Å². The molecular formula is C18H20ClN3O2S. The fourth-order valence-corrected chi connectivity index (χ4v) is 4.36. The van der Waals surface area contributed by atoms with Gasteiger partial charge in [-0.05, 0) is 6.07 Å². The van der Waals surface area contributed by atoms with Crippen LogP contribution in [0.15, 0.2) is 24.3 Å². The normalized spacial score (nSPS) is 15.2. The van der Waals surface area contributed by atoms with Crippen LogP contribution in [0.5, 0.6) is 0 Å². The third-order valence-corrected chi connectivity index (χ3v) is 5.96. The first-order valence-electron chi connectivity index (χ1n) is 8.34. The van der Waals surface area contributed by atoms with Crippen molar-refractivity contribution >= 4 is 38.9 Å². The SMILES string of the molecule is N#CCCN(CCN1CCOCC1)C(=O)c1sc2ccccc2c1Cl. The minimum Gasteiger partial charge on any atom is -0.379 e. The summed E-state index contributed by atoms with van der Waals surface area (Å²) in [5.74, 6) is -0.0882. The van der Waals surface area contributed by atoms with Crippen molar-refractivity contribution in [2.75, 3.05) is 45.9 Å². The van der Waals surface area contributed by atoms with Gasteiger partial charge in [-0.1, -0.05) is 29.8 Å². The van der Waals surface area contributed by atoms with E-state index in [1.54, 1.807) is 4.90 Å². The quantitative estimate of drug-likeness (QED) is 0.775. The van der Waals surface area contributed by atoms with Gasteiger partial charge >= 0.3 is 0 Å². The summed E-state index contributed by atoms with van der Waals surface area (Å²) < 4.78 is 6.36. The second-order valence-corrected chi connectivity index (χ2v) is 7.33. The highest BCUT2D eigenvalue weighted by Gasteiger charge is 2.23. The second-order valence-electron chi connectivity index (χ2n) is 5.90. The summed E-state index contributed by atoms with van der Waals surface area (Å²) >= 11 is 7.87. The fourth-order valence-electron chi connectivity index (χ4n) is 2.88. The number of ether oxygens (including phenoxy) is 1. The summed E-state index contributed by atoms with van der Waals surface area (Å²) in [7, 11) is 0. The van der Waals surface area contributed by atoms with Crippen LogP contribution in [0.1, 0.15) is 16.1 Å². The summed E-state index contributed by atoms with van der Waals surface area (Å²) in [5, 5.41) is 10.3. The van der Waals surface area contributed by atoms with E-state index < -0.39 is 0 Å². The molecule has 1 aromatic carbocycles. The summed E-state index contributed by atoms with van der Waals surface area (Å²) in [6, 6.07) is 9.88. The van der Waals surface area contributed by atoms with E-state index in [9.17, 15) is 4.79 Å². The Bertz CT molecular complexity index is 780. The first-order valence-corrected chi connectivity index (χ1v) is 9.53. The van der Waals surface area contributed by atoms with Crippen molar-refractivity contribution in [1.82, 2.24) is 9.80 Å². The molecule has 1 saturated heterocycles. The smallest absolute Gasteiger partial charge is 0.265 e. The Morgan fingerprint density at radius 3 is 2.80 bits per heavy atom. The predicted molar refractivity (Wildman–Crippen MR) is 100 cm³/mol. The van der Waals surface area contributed by atoms with Gasteiger partial charge in [-0.25, -0.2) is 0 Å². The van der Waals surface area contributed by atoms with Gasteiger partial charge in [-0.15, -0.1) is 11.3 Å². The number of benzene rings is 1. The fraction of sp³-hybridized carbons (Fsp3) is 0.444. The minimum absolute atomic E-state index is 0.0882. The Morgan fingerprint density at radius 2 is 2.08 bits per heavy atom. The van der Waals surface area contributed by atoms with Crippen LogP contribution in [0, 0.1) is 11.3 Å². The summed E-state index contributed by atoms with van der Waals surface area (Å²) in [5.41, 5.74) is 0. The van der Waals surface area contributed by atoms with Crippen molar-refractivity contribution in [3.63, 3.8) is 0 Å². The van der Waals surface area contributed by atoms with Crippen LogP contribution in [0.4, 0.5) is 0 Å². The molecule has 1 amide bonds. The number of hydrogen-bond donors (Lipinski definition) is 0. The van der Waals surface area contributed by atoms with E-state index in [1.807, 2.05) is 24.3 Å². The van der Waals surface area contributed by atoms with E-state index in [2.05, 4.69) is 11.0 Å². The molecule has 7 heteroatoms. The topological polar surface area (TPSA) is 56.6 Å². The van der Waals surface area contributed by atoms with E-state index >= 15 is 0 Å². The number of nitriles is 1. The number of nitrogens with zero attached hydrogens (tertiary/aromatic N) is 3. The largest absolute Gasteiger partial charge is 0.379 e. The van der Waals surface area contributed by atoms with E-state index in [-0.39, 0.29) is 5.91 Å². The second kappa shape index (κ2) is 8.63. The number of amides is 1. The molecule has 2 aromatic rings. The third kappa shape index (κ3) is 4.31. The number of halogens is 1. The molecule has 0 unspecified atom stereocenters. The molecule has 25 heavy (non-hydrogen) atoms. The van der Waals surface area contributed by atoms with Crippen molar-refractivity contribution < 1.29 is 9.53 Å². The lowest BCUT2D eigenvalue weighted by molar-refractivity contribution is 0.0327. The van der Waals surface area contributed by atoms with Crippen LogP contribution in [-0.2, 0) is 4.74 Å². The molecule has 1 fully saturated rings. The van der Waals surface area contributed by atoms with Crippen LogP contribution in [-0.4, -0.2) is 61.6 Å². The number of thiophene rings is 1. The van der Waals surface area contributed by atoms with Gasteiger partial charge in [-0.3, -0.25) is 9.69 Å². The lowest BCUT2D eigenvalue weighted by Gasteiger charge is -2.29. The molecule has 5 nitrogen and oxygen atoms in total. The Kier molecular flexibility index (Phi) is 6.27. The number of morpholine rings is 1. The molecule has 3 rings (SSSR count). The summed E-state index contributed by atoms with van der Waals surface area (Å²) in [6.45, 7) is 5.01. The van der Waals surface area contributed by atoms with Crippen molar-refractivity contribution in [1.29, 1.82) is 5.26 Å². The molecule has 0 N–H and O–H groups in total. The molecule has 0 saturated carbocycles. The molecule has 0 spiro atoms. The maximum absolute atomic E-state index is 13.0. The molecule has 1 aliphatic rings. The molecule has 0 radical (unpaired) electrons. The number of hydrogen-bond acceptors (Lipinski definition) is 5. The third-order valence-electron chi connectivity index (χ3n) is 4.30. The maximum Gasteiger partial charge on any atom is 0.265 e. The Hall–Kier alpha value is -1.65. The van der Waals surface area contributed by atoms with Crippen LogP contribution >= 0.6 is 22.9 Å². The highest BCUT2D eigenvalue weighted by atomic mass is 35.5. The number of fused-ring (bicyclic) bond motifs is 1. The highest BCUT2D eigenvalue weighted by Crippen LogP contribution is 2.35. The number of rotatable bonds is 6. The number of carbonyl (C=O) groups is 1. The molecule has 0 bridgehead atoms. The minimum atomic E-state index is -0.0882. The zero-order valence-corrected chi connectivity index (χ0v) is 15.5. The van der Waals surface area contributed by atoms with E-state index in [0.29, 0.717) is 29.4 Å². The summed E-state index contributed by atoms with van der Waals surface area (Å²) in [6.07, 6.45) is 0.317. The van der Waals surface area contributed by atoms with Crippen molar-refractivity contribution in [3.05, 3.63) is 34.2 Å². The van der Waals surface area contributed by atoms with Crippen LogP contribution in [0.2, 0.25) is 5.02 Å². The van der Waals surface area contributed by atoms with E-state index in [4.69, 9.17) is 21.6 Å². The van der Waals surface area contributed by atoms with E-state index in [0.717, 1.165) is 42.9 Å². The van der Waals surface area contributed by atoms with Crippen LogP contribution in [0.3, 0.4) is 0 Å².